The number of thiophene rings is 1. The Morgan fingerprint density at radius 3 is 2.59 bits per heavy atom. The third-order valence-electron chi connectivity index (χ3n) is 4.91. The van der Waals surface area contributed by atoms with Gasteiger partial charge < -0.3 is 15.2 Å². The first-order chi connectivity index (χ1) is 13.1. The number of rotatable bonds is 4. The summed E-state index contributed by atoms with van der Waals surface area (Å²) in [6, 6.07) is 10.9. The molecule has 0 bridgehead atoms. The van der Waals surface area contributed by atoms with Gasteiger partial charge in [0.15, 0.2) is 0 Å². The number of halogens is 1. The predicted octanol–water partition coefficient (Wildman–Crippen LogP) is 5.95. The number of amides is 2. The zero-order valence-corrected chi connectivity index (χ0v) is 16.7. The summed E-state index contributed by atoms with van der Waals surface area (Å²) in [5.41, 5.74) is 3.40. The van der Waals surface area contributed by atoms with Crippen molar-refractivity contribution in [3.05, 3.63) is 69.8 Å². The highest BCUT2D eigenvalue weighted by Gasteiger charge is 2.25. The second kappa shape index (κ2) is 7.79. The Labute approximate surface area is 168 Å². The lowest BCUT2D eigenvalue weighted by Gasteiger charge is -2.20. The smallest absolute Gasteiger partial charge is 0.319 e. The van der Waals surface area contributed by atoms with E-state index in [1.807, 2.05) is 23.5 Å². The molecule has 1 aliphatic carbocycles. The molecule has 140 valence electrons. The SMILES string of the molecule is C[C@H](NC(=O)Nc1ccc(Cl)cc1)c1c(-n2cccc2)sc2c1CCCC2. The van der Waals surface area contributed by atoms with Crippen molar-refractivity contribution in [3.63, 3.8) is 0 Å². The number of urea groups is 1. The number of carbonyl (C=O) groups is 1. The lowest BCUT2D eigenvalue weighted by Crippen LogP contribution is -2.32. The lowest BCUT2D eigenvalue weighted by molar-refractivity contribution is 0.249. The Kier molecular flexibility index (Phi) is 5.23. The number of benzene rings is 1. The molecule has 1 aliphatic rings. The van der Waals surface area contributed by atoms with Gasteiger partial charge in [-0.3, -0.25) is 0 Å². The highest BCUT2D eigenvalue weighted by Crippen LogP contribution is 2.40. The van der Waals surface area contributed by atoms with Crippen LogP contribution in [0.15, 0.2) is 48.8 Å². The summed E-state index contributed by atoms with van der Waals surface area (Å²) in [5, 5.41) is 7.86. The minimum absolute atomic E-state index is 0.0761. The average molecular weight is 400 g/mol. The van der Waals surface area contributed by atoms with E-state index in [4.69, 9.17) is 11.6 Å². The largest absolute Gasteiger partial charge is 0.331 e. The summed E-state index contributed by atoms with van der Waals surface area (Å²) >= 11 is 7.76. The molecule has 4 nitrogen and oxygen atoms in total. The van der Waals surface area contributed by atoms with E-state index < -0.39 is 0 Å². The number of anilines is 1. The molecular weight excluding hydrogens is 378 g/mol. The van der Waals surface area contributed by atoms with E-state index >= 15 is 0 Å². The molecule has 0 saturated carbocycles. The summed E-state index contributed by atoms with van der Waals surface area (Å²) in [6.07, 6.45) is 8.83. The number of aromatic nitrogens is 1. The summed E-state index contributed by atoms with van der Waals surface area (Å²) < 4.78 is 2.16. The standard InChI is InChI=1S/C21H22ClN3OS/c1-14(23-21(26)24-16-10-8-15(22)9-11-16)19-17-6-2-3-7-18(17)27-20(19)25-12-4-5-13-25/h4-5,8-14H,2-3,6-7H2,1H3,(H2,23,24,26)/t14-/m0/s1. The van der Waals surface area contributed by atoms with Crippen molar-refractivity contribution in [1.82, 2.24) is 9.88 Å². The van der Waals surface area contributed by atoms with E-state index in [-0.39, 0.29) is 12.1 Å². The van der Waals surface area contributed by atoms with Crippen molar-refractivity contribution in [3.8, 4) is 5.00 Å². The zero-order valence-electron chi connectivity index (χ0n) is 15.2. The lowest BCUT2D eigenvalue weighted by atomic mass is 9.93. The Bertz CT molecular complexity index is 931. The minimum Gasteiger partial charge on any atom is -0.331 e. The number of hydrogen-bond donors (Lipinski definition) is 2. The van der Waals surface area contributed by atoms with Crippen LogP contribution in [0.4, 0.5) is 10.5 Å². The molecule has 2 aromatic heterocycles. The van der Waals surface area contributed by atoms with Crippen LogP contribution in [0.3, 0.4) is 0 Å². The molecule has 0 radical (unpaired) electrons. The molecule has 3 aromatic rings. The molecule has 0 spiro atoms. The molecule has 6 heteroatoms. The van der Waals surface area contributed by atoms with Gasteiger partial charge in [0.25, 0.3) is 0 Å². The van der Waals surface area contributed by atoms with Gasteiger partial charge in [0.2, 0.25) is 0 Å². The van der Waals surface area contributed by atoms with Crippen LogP contribution in [-0.4, -0.2) is 10.6 Å². The summed E-state index contributed by atoms with van der Waals surface area (Å²) in [6.45, 7) is 2.06. The van der Waals surface area contributed by atoms with Gasteiger partial charge in [-0.25, -0.2) is 4.79 Å². The van der Waals surface area contributed by atoms with E-state index in [1.165, 1.54) is 33.8 Å². The van der Waals surface area contributed by atoms with E-state index in [9.17, 15) is 4.79 Å². The molecule has 0 aliphatic heterocycles. The summed E-state index contributed by atoms with van der Waals surface area (Å²) in [7, 11) is 0. The Balaban J connectivity index is 1.57. The topological polar surface area (TPSA) is 46.1 Å². The van der Waals surface area contributed by atoms with Crippen molar-refractivity contribution in [2.75, 3.05) is 5.32 Å². The maximum Gasteiger partial charge on any atom is 0.319 e. The first-order valence-corrected chi connectivity index (χ1v) is 10.4. The summed E-state index contributed by atoms with van der Waals surface area (Å²) in [4.78, 5) is 14.0. The van der Waals surface area contributed by atoms with Gasteiger partial charge in [-0.1, -0.05) is 11.6 Å². The fourth-order valence-corrected chi connectivity index (χ4v) is 5.23. The van der Waals surface area contributed by atoms with E-state index in [1.54, 1.807) is 24.3 Å². The third-order valence-corrected chi connectivity index (χ3v) is 6.49. The van der Waals surface area contributed by atoms with E-state index in [0.717, 1.165) is 18.5 Å². The molecular formula is C21H22ClN3OS. The van der Waals surface area contributed by atoms with Crippen LogP contribution >= 0.6 is 22.9 Å². The van der Waals surface area contributed by atoms with Gasteiger partial charge in [0, 0.05) is 33.5 Å². The van der Waals surface area contributed by atoms with Crippen molar-refractivity contribution in [2.24, 2.45) is 0 Å². The first-order valence-electron chi connectivity index (χ1n) is 9.22. The number of nitrogens with zero attached hydrogens (tertiary/aromatic N) is 1. The maximum absolute atomic E-state index is 12.5. The van der Waals surface area contributed by atoms with Gasteiger partial charge in [-0.15, -0.1) is 11.3 Å². The molecule has 2 amide bonds. The fraction of sp³-hybridized carbons (Fsp3) is 0.286. The Morgan fingerprint density at radius 1 is 1.15 bits per heavy atom. The van der Waals surface area contributed by atoms with Crippen LogP contribution in [0.1, 0.15) is 41.8 Å². The van der Waals surface area contributed by atoms with Crippen LogP contribution in [0.5, 0.6) is 0 Å². The number of nitrogens with one attached hydrogen (secondary N) is 2. The quantitative estimate of drug-likeness (QED) is 0.559. The average Bonchev–Trinajstić information content (AvgIpc) is 3.30. The fourth-order valence-electron chi connectivity index (χ4n) is 3.65. The molecule has 1 atom stereocenters. The van der Waals surface area contributed by atoms with Crippen molar-refractivity contribution >= 4 is 34.7 Å². The molecule has 1 aromatic carbocycles. The highest BCUT2D eigenvalue weighted by molar-refractivity contribution is 7.15. The molecule has 2 N–H and O–H groups in total. The van der Waals surface area contributed by atoms with Crippen LogP contribution in [0.25, 0.3) is 5.00 Å². The first kappa shape index (κ1) is 18.1. The number of hydrogen-bond acceptors (Lipinski definition) is 2. The number of aryl methyl sites for hydroxylation is 1. The van der Waals surface area contributed by atoms with Crippen LogP contribution < -0.4 is 10.6 Å². The zero-order chi connectivity index (χ0) is 18.8. The number of carbonyl (C=O) groups excluding carboxylic acids is 1. The molecule has 0 unspecified atom stereocenters. The molecule has 27 heavy (non-hydrogen) atoms. The number of fused-ring (bicyclic) bond motifs is 1. The maximum atomic E-state index is 12.5. The van der Waals surface area contributed by atoms with Crippen LogP contribution in [0.2, 0.25) is 5.02 Å². The van der Waals surface area contributed by atoms with Crippen molar-refractivity contribution in [1.29, 1.82) is 0 Å². The summed E-state index contributed by atoms with van der Waals surface area (Å²) in [5.74, 6) is 0. The molecule has 0 saturated heterocycles. The third kappa shape index (κ3) is 3.89. The van der Waals surface area contributed by atoms with Crippen LogP contribution in [0, 0.1) is 0 Å². The predicted molar refractivity (Wildman–Crippen MR) is 112 cm³/mol. The molecule has 2 heterocycles. The van der Waals surface area contributed by atoms with Crippen LogP contribution in [-0.2, 0) is 12.8 Å². The van der Waals surface area contributed by atoms with Gasteiger partial charge in [0.05, 0.1) is 6.04 Å². The Morgan fingerprint density at radius 2 is 1.85 bits per heavy atom. The molecule has 0 fully saturated rings. The molecule has 4 rings (SSSR count). The van der Waals surface area contributed by atoms with E-state index in [2.05, 4.69) is 34.5 Å². The second-order valence-electron chi connectivity index (χ2n) is 6.85. The van der Waals surface area contributed by atoms with Gasteiger partial charge in [-0.05, 0) is 74.6 Å². The van der Waals surface area contributed by atoms with Crippen molar-refractivity contribution < 1.29 is 4.79 Å². The van der Waals surface area contributed by atoms with E-state index in [0.29, 0.717) is 5.02 Å². The van der Waals surface area contributed by atoms with Gasteiger partial charge >= 0.3 is 6.03 Å². The van der Waals surface area contributed by atoms with Crippen molar-refractivity contribution in [2.45, 2.75) is 38.6 Å². The van der Waals surface area contributed by atoms with Gasteiger partial charge in [-0.2, -0.15) is 0 Å². The Hall–Kier alpha value is -2.24. The second-order valence-corrected chi connectivity index (χ2v) is 8.37. The normalized spacial score (nSPS) is 14.4. The monoisotopic (exact) mass is 399 g/mol. The van der Waals surface area contributed by atoms with Gasteiger partial charge in [0.1, 0.15) is 5.00 Å². The minimum atomic E-state index is -0.209. The highest BCUT2D eigenvalue weighted by atomic mass is 35.5.